The topological polar surface area (TPSA) is 22.0 Å². The Morgan fingerprint density at radius 3 is 2.86 bits per heavy atom. The van der Waals surface area contributed by atoms with Gasteiger partial charge in [-0.1, -0.05) is 35.3 Å². The normalized spacial score (nSPS) is 12.7. The van der Waals surface area contributed by atoms with Crippen LogP contribution < -0.4 is 5.56 Å². The highest BCUT2D eigenvalue weighted by molar-refractivity contribution is 9.09. The van der Waals surface area contributed by atoms with Crippen LogP contribution in [-0.2, 0) is 6.54 Å². The molecule has 1 aromatic rings. The highest BCUT2D eigenvalue weighted by atomic mass is 79.9. The van der Waals surface area contributed by atoms with Crippen molar-refractivity contribution in [1.29, 1.82) is 0 Å². The van der Waals surface area contributed by atoms with E-state index in [0.29, 0.717) is 5.92 Å². The van der Waals surface area contributed by atoms with Gasteiger partial charge in [-0.25, -0.2) is 0 Å². The van der Waals surface area contributed by atoms with Crippen molar-refractivity contribution in [2.24, 2.45) is 5.92 Å². The molecule has 1 heterocycles. The summed E-state index contributed by atoms with van der Waals surface area (Å²) >= 11 is 3.48. The Morgan fingerprint density at radius 1 is 1.50 bits per heavy atom. The van der Waals surface area contributed by atoms with E-state index in [9.17, 15) is 4.79 Å². The number of rotatable bonds is 5. The molecule has 0 saturated heterocycles. The van der Waals surface area contributed by atoms with Crippen molar-refractivity contribution in [2.75, 3.05) is 5.33 Å². The Kier molecular flexibility index (Phi) is 4.94. The number of nitrogens with zero attached hydrogens (tertiary/aromatic N) is 1. The molecule has 2 nitrogen and oxygen atoms in total. The van der Waals surface area contributed by atoms with E-state index in [0.717, 1.165) is 24.7 Å². The van der Waals surface area contributed by atoms with Crippen molar-refractivity contribution < 1.29 is 0 Å². The molecule has 1 unspecified atom stereocenters. The van der Waals surface area contributed by atoms with Gasteiger partial charge in [-0.3, -0.25) is 4.79 Å². The van der Waals surface area contributed by atoms with Crippen molar-refractivity contribution in [1.82, 2.24) is 4.57 Å². The summed E-state index contributed by atoms with van der Waals surface area (Å²) in [6.07, 6.45) is 4.18. The van der Waals surface area contributed by atoms with E-state index < -0.39 is 0 Å². The number of hydrogen-bond acceptors (Lipinski definition) is 1. The lowest BCUT2D eigenvalue weighted by Crippen LogP contribution is -2.23. The number of pyridine rings is 1. The molecule has 3 heteroatoms. The largest absolute Gasteiger partial charge is 0.315 e. The van der Waals surface area contributed by atoms with E-state index >= 15 is 0 Å². The maximum Gasteiger partial charge on any atom is 0.250 e. The maximum absolute atomic E-state index is 11.4. The summed E-state index contributed by atoms with van der Waals surface area (Å²) in [4.78, 5) is 11.4. The number of aromatic nitrogens is 1. The molecule has 1 rings (SSSR count). The molecule has 0 aliphatic heterocycles. The van der Waals surface area contributed by atoms with Crippen LogP contribution >= 0.6 is 15.9 Å². The van der Waals surface area contributed by atoms with Gasteiger partial charge in [0.15, 0.2) is 0 Å². The van der Waals surface area contributed by atoms with Crippen LogP contribution in [0.15, 0.2) is 29.2 Å². The minimum atomic E-state index is 0.0922. The van der Waals surface area contributed by atoms with Crippen molar-refractivity contribution in [3.05, 3.63) is 34.7 Å². The van der Waals surface area contributed by atoms with Crippen molar-refractivity contribution in [3.8, 4) is 0 Å². The Balaban J connectivity index is 2.67. The minimum Gasteiger partial charge on any atom is -0.315 e. The van der Waals surface area contributed by atoms with E-state index in [1.807, 2.05) is 12.3 Å². The fraction of sp³-hybridized carbons (Fsp3) is 0.545. The monoisotopic (exact) mass is 257 g/mol. The Hall–Kier alpha value is -0.570. The van der Waals surface area contributed by atoms with E-state index in [4.69, 9.17) is 0 Å². The summed E-state index contributed by atoms with van der Waals surface area (Å²) in [5.74, 6) is 0.556. The lowest BCUT2D eigenvalue weighted by Gasteiger charge is -2.14. The van der Waals surface area contributed by atoms with Gasteiger partial charge in [-0.15, -0.1) is 0 Å². The highest BCUT2D eigenvalue weighted by Crippen LogP contribution is 2.11. The SMILES string of the molecule is CCCC(CBr)Cn1ccccc1=O. The summed E-state index contributed by atoms with van der Waals surface area (Å²) in [6, 6.07) is 5.29. The molecule has 0 aliphatic rings. The zero-order chi connectivity index (χ0) is 10.4. The van der Waals surface area contributed by atoms with Crippen molar-refractivity contribution in [3.63, 3.8) is 0 Å². The van der Waals surface area contributed by atoms with Gasteiger partial charge in [-0.05, 0) is 18.4 Å². The molecule has 1 atom stereocenters. The summed E-state index contributed by atoms with van der Waals surface area (Å²) in [5, 5.41) is 0.960. The summed E-state index contributed by atoms with van der Waals surface area (Å²) < 4.78 is 1.78. The molecule has 0 fully saturated rings. The molecule has 0 amide bonds. The average molecular weight is 258 g/mol. The molecule has 0 N–H and O–H groups in total. The first-order chi connectivity index (χ1) is 6.77. The second-order valence-electron chi connectivity index (χ2n) is 3.50. The molecule has 0 aromatic carbocycles. The van der Waals surface area contributed by atoms with E-state index in [2.05, 4.69) is 22.9 Å². The number of hydrogen-bond donors (Lipinski definition) is 0. The quantitative estimate of drug-likeness (QED) is 0.744. The first kappa shape index (κ1) is 11.5. The summed E-state index contributed by atoms with van der Waals surface area (Å²) in [7, 11) is 0. The third-order valence-electron chi connectivity index (χ3n) is 2.27. The van der Waals surface area contributed by atoms with E-state index in [1.54, 1.807) is 16.7 Å². The second kappa shape index (κ2) is 6.02. The lowest BCUT2D eigenvalue weighted by atomic mass is 10.1. The van der Waals surface area contributed by atoms with Crippen LogP contribution in [0.3, 0.4) is 0 Å². The zero-order valence-corrected chi connectivity index (χ0v) is 10.0. The Morgan fingerprint density at radius 2 is 2.29 bits per heavy atom. The van der Waals surface area contributed by atoms with Crippen LogP contribution in [-0.4, -0.2) is 9.90 Å². The molecular formula is C11H16BrNO. The number of alkyl halides is 1. The molecule has 0 aliphatic carbocycles. The third kappa shape index (κ3) is 3.29. The van der Waals surface area contributed by atoms with Gasteiger partial charge < -0.3 is 4.57 Å². The molecular weight excluding hydrogens is 242 g/mol. The molecule has 1 aromatic heterocycles. The van der Waals surface area contributed by atoms with Crippen LogP contribution in [0.25, 0.3) is 0 Å². The third-order valence-corrected chi connectivity index (χ3v) is 3.18. The van der Waals surface area contributed by atoms with Gasteiger partial charge in [0.05, 0.1) is 0 Å². The molecule has 0 radical (unpaired) electrons. The molecule has 0 saturated carbocycles. The molecule has 0 spiro atoms. The minimum absolute atomic E-state index is 0.0922. The standard InChI is InChI=1S/C11H16BrNO/c1-2-5-10(8-12)9-13-7-4-3-6-11(13)14/h3-4,6-7,10H,2,5,8-9H2,1H3. The summed E-state index contributed by atoms with van der Waals surface area (Å²) in [5.41, 5.74) is 0.0922. The van der Waals surface area contributed by atoms with Crippen molar-refractivity contribution >= 4 is 15.9 Å². The van der Waals surface area contributed by atoms with Gasteiger partial charge in [0.1, 0.15) is 0 Å². The lowest BCUT2D eigenvalue weighted by molar-refractivity contribution is 0.447. The summed E-state index contributed by atoms with van der Waals surface area (Å²) in [6.45, 7) is 2.99. The van der Waals surface area contributed by atoms with E-state index in [1.165, 1.54) is 0 Å². The predicted octanol–water partition coefficient (Wildman–Crippen LogP) is 2.66. The van der Waals surface area contributed by atoms with Gasteiger partial charge in [0, 0.05) is 24.1 Å². The molecule has 78 valence electrons. The highest BCUT2D eigenvalue weighted by Gasteiger charge is 2.06. The van der Waals surface area contributed by atoms with E-state index in [-0.39, 0.29) is 5.56 Å². The van der Waals surface area contributed by atoms with Gasteiger partial charge in [0.25, 0.3) is 5.56 Å². The predicted molar refractivity (Wildman–Crippen MR) is 62.9 cm³/mol. The average Bonchev–Trinajstić information content (AvgIpc) is 2.20. The first-order valence-electron chi connectivity index (χ1n) is 4.99. The van der Waals surface area contributed by atoms with Gasteiger partial charge in [0.2, 0.25) is 0 Å². The molecule has 14 heavy (non-hydrogen) atoms. The zero-order valence-electron chi connectivity index (χ0n) is 8.45. The van der Waals surface area contributed by atoms with Crippen LogP contribution in [0.1, 0.15) is 19.8 Å². The first-order valence-corrected chi connectivity index (χ1v) is 6.11. The Bertz CT molecular complexity index is 321. The van der Waals surface area contributed by atoms with Crippen LogP contribution in [0.5, 0.6) is 0 Å². The maximum atomic E-state index is 11.4. The van der Waals surface area contributed by atoms with Gasteiger partial charge in [-0.2, -0.15) is 0 Å². The number of halogens is 1. The van der Waals surface area contributed by atoms with Crippen LogP contribution in [0.2, 0.25) is 0 Å². The Labute approximate surface area is 93.1 Å². The van der Waals surface area contributed by atoms with Crippen LogP contribution in [0.4, 0.5) is 0 Å². The smallest absolute Gasteiger partial charge is 0.250 e. The van der Waals surface area contributed by atoms with Crippen LogP contribution in [0, 0.1) is 5.92 Å². The second-order valence-corrected chi connectivity index (χ2v) is 4.15. The fourth-order valence-electron chi connectivity index (χ4n) is 1.52. The molecule has 0 bridgehead atoms. The fourth-order valence-corrected chi connectivity index (χ4v) is 2.04. The van der Waals surface area contributed by atoms with Gasteiger partial charge >= 0.3 is 0 Å². The van der Waals surface area contributed by atoms with Crippen molar-refractivity contribution in [2.45, 2.75) is 26.3 Å².